The first-order valence-corrected chi connectivity index (χ1v) is 11.3. The van der Waals surface area contributed by atoms with Gasteiger partial charge in [-0.1, -0.05) is 18.2 Å². The van der Waals surface area contributed by atoms with Crippen molar-refractivity contribution in [2.45, 2.75) is 20.8 Å². The molecule has 0 fully saturated rings. The van der Waals surface area contributed by atoms with Gasteiger partial charge >= 0.3 is 17.8 Å². The molecule has 2 amide bonds. The third-order valence-corrected chi connectivity index (χ3v) is 4.85. The highest BCUT2D eigenvalue weighted by atomic mass is 16.6. The maximum Gasteiger partial charge on any atom is 0.343 e. The number of benzene rings is 3. The van der Waals surface area contributed by atoms with Gasteiger partial charge in [-0.2, -0.15) is 5.10 Å². The number of nitrogens with zero attached hydrogens (tertiary/aromatic N) is 1. The first kappa shape index (κ1) is 26.0. The molecule has 0 aliphatic rings. The van der Waals surface area contributed by atoms with Crippen molar-refractivity contribution in [2.24, 2.45) is 5.10 Å². The van der Waals surface area contributed by atoms with Gasteiger partial charge < -0.3 is 19.5 Å². The second-order valence-electron chi connectivity index (χ2n) is 7.45. The number of amides is 2. The number of anilines is 1. The van der Waals surface area contributed by atoms with Crippen LogP contribution in [0.15, 0.2) is 71.8 Å². The van der Waals surface area contributed by atoms with Crippen LogP contribution < -0.4 is 25.0 Å². The first-order valence-electron chi connectivity index (χ1n) is 11.3. The molecule has 0 radical (unpaired) electrons. The molecule has 0 spiro atoms. The van der Waals surface area contributed by atoms with Crippen molar-refractivity contribution < 1.29 is 28.6 Å². The Labute approximate surface area is 209 Å². The molecule has 9 nitrogen and oxygen atoms in total. The lowest BCUT2D eigenvalue weighted by atomic mass is 10.2. The van der Waals surface area contributed by atoms with E-state index in [0.717, 1.165) is 5.56 Å². The summed E-state index contributed by atoms with van der Waals surface area (Å²) >= 11 is 0. The summed E-state index contributed by atoms with van der Waals surface area (Å²) in [6, 6.07) is 18.5. The number of hydrogen-bond donors (Lipinski definition) is 2. The third-order valence-electron chi connectivity index (χ3n) is 4.85. The van der Waals surface area contributed by atoms with Crippen LogP contribution in [0.4, 0.5) is 5.69 Å². The second-order valence-corrected chi connectivity index (χ2v) is 7.45. The summed E-state index contributed by atoms with van der Waals surface area (Å²) in [4.78, 5) is 36.7. The highest BCUT2D eigenvalue weighted by Crippen LogP contribution is 2.29. The number of esters is 1. The fourth-order valence-electron chi connectivity index (χ4n) is 3.08. The molecule has 3 rings (SSSR count). The van der Waals surface area contributed by atoms with Crippen LogP contribution in [0, 0.1) is 6.92 Å². The number of para-hydroxylation sites is 1. The number of rotatable bonds is 9. The molecule has 0 heterocycles. The number of aryl methyl sites for hydroxylation is 1. The summed E-state index contributed by atoms with van der Waals surface area (Å²) < 4.78 is 16.5. The van der Waals surface area contributed by atoms with Crippen molar-refractivity contribution in [3.05, 3.63) is 83.4 Å². The average molecular weight is 490 g/mol. The van der Waals surface area contributed by atoms with Gasteiger partial charge in [0.15, 0.2) is 11.5 Å². The number of ether oxygens (including phenoxy) is 3. The highest BCUT2D eigenvalue weighted by molar-refractivity contribution is 6.39. The van der Waals surface area contributed by atoms with E-state index in [9.17, 15) is 14.4 Å². The highest BCUT2D eigenvalue weighted by Gasteiger charge is 2.15. The zero-order valence-electron chi connectivity index (χ0n) is 20.2. The van der Waals surface area contributed by atoms with E-state index < -0.39 is 17.8 Å². The predicted octanol–water partition coefficient (Wildman–Crippen LogP) is 4.10. The largest absolute Gasteiger partial charge is 0.494 e. The summed E-state index contributed by atoms with van der Waals surface area (Å²) in [6.45, 7) is 6.36. The normalized spacial score (nSPS) is 10.5. The first-order chi connectivity index (χ1) is 17.4. The van der Waals surface area contributed by atoms with Crippen LogP contribution in [0.1, 0.15) is 35.3 Å². The number of carbonyl (C=O) groups excluding carboxylic acids is 3. The van der Waals surface area contributed by atoms with Crippen LogP contribution >= 0.6 is 0 Å². The number of carbonyl (C=O) groups is 3. The quantitative estimate of drug-likeness (QED) is 0.154. The average Bonchev–Trinajstić information content (AvgIpc) is 2.87. The Morgan fingerprint density at radius 2 is 1.58 bits per heavy atom. The maximum absolute atomic E-state index is 12.6. The molecule has 9 heteroatoms. The molecule has 0 saturated carbocycles. The van der Waals surface area contributed by atoms with Crippen molar-refractivity contribution in [1.82, 2.24) is 5.43 Å². The summed E-state index contributed by atoms with van der Waals surface area (Å²) in [5.74, 6) is -1.09. The topological polar surface area (TPSA) is 115 Å². The van der Waals surface area contributed by atoms with Crippen molar-refractivity contribution in [3.63, 3.8) is 0 Å². The van der Waals surface area contributed by atoms with Gasteiger partial charge in [0.1, 0.15) is 5.75 Å². The Morgan fingerprint density at radius 1 is 0.861 bits per heavy atom. The van der Waals surface area contributed by atoms with Crippen LogP contribution in [0.25, 0.3) is 0 Å². The van der Waals surface area contributed by atoms with E-state index in [2.05, 4.69) is 15.8 Å². The van der Waals surface area contributed by atoms with E-state index in [1.54, 1.807) is 61.5 Å². The fourth-order valence-corrected chi connectivity index (χ4v) is 3.08. The van der Waals surface area contributed by atoms with Crippen molar-refractivity contribution in [2.75, 3.05) is 18.5 Å². The van der Waals surface area contributed by atoms with Gasteiger partial charge in [0.05, 0.1) is 25.0 Å². The molecule has 0 aromatic heterocycles. The molecule has 0 saturated heterocycles. The van der Waals surface area contributed by atoms with Gasteiger partial charge in [0, 0.05) is 5.69 Å². The van der Waals surface area contributed by atoms with Crippen LogP contribution in [0.2, 0.25) is 0 Å². The number of hydrogen-bond acceptors (Lipinski definition) is 7. The molecule has 0 bridgehead atoms. The predicted molar refractivity (Wildman–Crippen MR) is 136 cm³/mol. The van der Waals surface area contributed by atoms with E-state index >= 15 is 0 Å². The maximum atomic E-state index is 12.6. The van der Waals surface area contributed by atoms with Crippen LogP contribution in [-0.4, -0.2) is 37.2 Å². The molecule has 36 heavy (non-hydrogen) atoms. The van der Waals surface area contributed by atoms with Gasteiger partial charge in [-0.15, -0.1) is 0 Å². The van der Waals surface area contributed by atoms with Gasteiger partial charge in [-0.05, 0) is 80.4 Å². The van der Waals surface area contributed by atoms with E-state index in [1.807, 2.05) is 26.0 Å². The number of hydrazone groups is 1. The van der Waals surface area contributed by atoms with Gasteiger partial charge in [-0.25, -0.2) is 10.2 Å². The monoisotopic (exact) mass is 489 g/mol. The fraction of sp³-hybridized carbons (Fsp3) is 0.185. The summed E-state index contributed by atoms with van der Waals surface area (Å²) in [5, 5.41) is 6.36. The summed E-state index contributed by atoms with van der Waals surface area (Å²) in [6.07, 6.45) is 1.35. The standard InChI is InChI=1S/C27H27N3O6/c1-4-34-21-13-11-20(12-14-21)27(33)36-23-15-10-19(16-24(23)35-5-2)17-28-30-26(32)25(31)29-22-9-7-6-8-18(22)3/h6-17H,4-5H2,1-3H3,(H,29,31)(H,30,32)/b28-17-. The summed E-state index contributed by atoms with van der Waals surface area (Å²) in [5.41, 5.74) is 4.47. The van der Waals surface area contributed by atoms with Crippen LogP contribution in [0.5, 0.6) is 17.2 Å². The summed E-state index contributed by atoms with van der Waals surface area (Å²) in [7, 11) is 0. The second kappa shape index (κ2) is 12.7. The van der Waals surface area contributed by atoms with Crippen LogP contribution in [-0.2, 0) is 9.59 Å². The molecular weight excluding hydrogens is 462 g/mol. The Morgan fingerprint density at radius 3 is 2.28 bits per heavy atom. The van der Waals surface area contributed by atoms with Crippen LogP contribution in [0.3, 0.4) is 0 Å². The van der Waals surface area contributed by atoms with E-state index in [-0.39, 0.29) is 5.75 Å². The Bertz CT molecular complexity index is 1250. The van der Waals surface area contributed by atoms with Crippen molar-refractivity contribution in [3.8, 4) is 17.2 Å². The minimum Gasteiger partial charge on any atom is -0.494 e. The van der Waals surface area contributed by atoms with Gasteiger partial charge in [0.2, 0.25) is 0 Å². The van der Waals surface area contributed by atoms with E-state index in [1.165, 1.54) is 6.21 Å². The van der Waals surface area contributed by atoms with Crippen molar-refractivity contribution >= 4 is 29.7 Å². The molecule has 0 aliphatic heterocycles. The molecule has 0 unspecified atom stereocenters. The van der Waals surface area contributed by atoms with Crippen molar-refractivity contribution in [1.29, 1.82) is 0 Å². The Balaban J connectivity index is 1.63. The minimum atomic E-state index is -0.916. The molecule has 0 aliphatic carbocycles. The number of nitrogens with one attached hydrogen (secondary N) is 2. The Hall–Kier alpha value is -4.66. The Kier molecular flexibility index (Phi) is 9.16. The lowest BCUT2D eigenvalue weighted by Crippen LogP contribution is -2.32. The minimum absolute atomic E-state index is 0.231. The van der Waals surface area contributed by atoms with Gasteiger partial charge in [-0.3, -0.25) is 9.59 Å². The van der Waals surface area contributed by atoms with Gasteiger partial charge in [0.25, 0.3) is 0 Å². The molecular formula is C27H27N3O6. The lowest BCUT2D eigenvalue weighted by molar-refractivity contribution is -0.136. The smallest absolute Gasteiger partial charge is 0.343 e. The van der Waals surface area contributed by atoms with E-state index in [4.69, 9.17) is 14.2 Å². The SMILES string of the molecule is CCOc1ccc(C(=O)Oc2ccc(/C=N\NC(=O)C(=O)Nc3ccccc3C)cc2OCC)cc1. The lowest BCUT2D eigenvalue weighted by Gasteiger charge is -2.11. The molecule has 0 atom stereocenters. The molecule has 3 aromatic rings. The zero-order valence-corrected chi connectivity index (χ0v) is 20.2. The molecule has 2 N–H and O–H groups in total. The molecule has 3 aromatic carbocycles. The van der Waals surface area contributed by atoms with E-state index in [0.29, 0.717) is 41.5 Å². The zero-order chi connectivity index (χ0) is 25.9. The molecule has 186 valence electrons. The third kappa shape index (κ3) is 7.17.